The van der Waals surface area contributed by atoms with Crippen LogP contribution in [0.25, 0.3) is 10.9 Å². The molecule has 2 nitrogen and oxygen atoms in total. The van der Waals surface area contributed by atoms with Crippen molar-refractivity contribution in [3.8, 4) is 5.75 Å². The molecule has 0 aliphatic carbocycles. The number of hydrogen-bond acceptors (Lipinski definition) is 2. The van der Waals surface area contributed by atoms with E-state index in [0.717, 1.165) is 26.7 Å². The number of fused-ring (bicyclic) bond motifs is 1. The Kier molecular flexibility index (Phi) is 3.47. The third kappa shape index (κ3) is 2.76. The molecule has 0 fully saturated rings. The van der Waals surface area contributed by atoms with Gasteiger partial charge in [0.15, 0.2) is 0 Å². The molecular formula is C16H12BrNO. The summed E-state index contributed by atoms with van der Waals surface area (Å²) in [5.74, 6) is 0.857. The van der Waals surface area contributed by atoms with Crippen molar-refractivity contribution in [2.45, 2.75) is 6.61 Å². The van der Waals surface area contributed by atoms with E-state index < -0.39 is 0 Å². The molecule has 0 saturated carbocycles. The summed E-state index contributed by atoms with van der Waals surface area (Å²) in [6, 6.07) is 18.0. The fraction of sp³-hybridized carbons (Fsp3) is 0.0625. The first-order valence-corrected chi connectivity index (χ1v) is 6.83. The second kappa shape index (κ2) is 5.41. The van der Waals surface area contributed by atoms with Gasteiger partial charge in [0.05, 0.1) is 5.52 Å². The van der Waals surface area contributed by atoms with Crippen LogP contribution in [0.5, 0.6) is 5.75 Å². The molecule has 1 heterocycles. The highest BCUT2D eigenvalue weighted by Gasteiger charge is 2.04. The summed E-state index contributed by atoms with van der Waals surface area (Å²) >= 11 is 3.48. The molecule has 0 aliphatic heterocycles. The molecule has 0 unspecified atom stereocenters. The Balaban J connectivity index is 1.90. The molecule has 0 aliphatic rings. The van der Waals surface area contributed by atoms with Crippen LogP contribution in [-0.4, -0.2) is 4.98 Å². The zero-order valence-electron chi connectivity index (χ0n) is 10.2. The van der Waals surface area contributed by atoms with Crippen molar-refractivity contribution in [3.05, 3.63) is 70.8 Å². The summed E-state index contributed by atoms with van der Waals surface area (Å²) in [4.78, 5) is 4.34. The smallest absolute Gasteiger partial charge is 0.130 e. The van der Waals surface area contributed by atoms with Crippen LogP contribution in [0.3, 0.4) is 0 Å². The van der Waals surface area contributed by atoms with Crippen LogP contribution in [0.15, 0.2) is 65.3 Å². The third-order valence-corrected chi connectivity index (χ3v) is 3.39. The van der Waals surface area contributed by atoms with E-state index in [-0.39, 0.29) is 0 Å². The Bertz CT molecular complexity index is 697. The number of ether oxygens (including phenoxy) is 1. The monoisotopic (exact) mass is 313 g/mol. The minimum absolute atomic E-state index is 0.562. The Morgan fingerprint density at radius 2 is 1.84 bits per heavy atom. The van der Waals surface area contributed by atoms with E-state index >= 15 is 0 Å². The van der Waals surface area contributed by atoms with Crippen molar-refractivity contribution in [3.63, 3.8) is 0 Å². The lowest BCUT2D eigenvalue weighted by Gasteiger charge is -2.09. The summed E-state index contributed by atoms with van der Waals surface area (Å²) in [6.45, 7) is 0.562. The van der Waals surface area contributed by atoms with E-state index in [9.17, 15) is 0 Å². The van der Waals surface area contributed by atoms with Crippen LogP contribution in [0.2, 0.25) is 0 Å². The predicted molar refractivity (Wildman–Crippen MR) is 80.2 cm³/mol. The molecule has 0 radical (unpaired) electrons. The van der Waals surface area contributed by atoms with E-state index in [1.54, 1.807) is 6.20 Å². The standard InChI is InChI=1S/C16H12BrNO/c17-13-6-7-15-14(10-13)16(8-9-18-15)19-11-12-4-2-1-3-5-12/h1-10H,11H2. The van der Waals surface area contributed by atoms with Crippen LogP contribution in [0, 0.1) is 0 Å². The normalized spacial score (nSPS) is 10.6. The molecule has 3 heteroatoms. The van der Waals surface area contributed by atoms with Gasteiger partial charge in [0.2, 0.25) is 0 Å². The second-order valence-corrected chi connectivity index (χ2v) is 5.16. The molecule has 1 aromatic heterocycles. The fourth-order valence-corrected chi connectivity index (χ4v) is 2.32. The van der Waals surface area contributed by atoms with E-state index in [4.69, 9.17) is 4.74 Å². The Morgan fingerprint density at radius 3 is 2.68 bits per heavy atom. The van der Waals surface area contributed by atoms with Gasteiger partial charge < -0.3 is 4.74 Å². The van der Waals surface area contributed by atoms with Crippen molar-refractivity contribution in [1.82, 2.24) is 4.98 Å². The van der Waals surface area contributed by atoms with Gasteiger partial charge in [-0.2, -0.15) is 0 Å². The molecule has 0 saturated heterocycles. The zero-order valence-corrected chi connectivity index (χ0v) is 11.8. The molecule has 0 N–H and O–H groups in total. The average Bonchev–Trinajstić information content (AvgIpc) is 2.46. The van der Waals surface area contributed by atoms with Gasteiger partial charge in [-0.3, -0.25) is 4.98 Å². The van der Waals surface area contributed by atoms with Crippen molar-refractivity contribution in [1.29, 1.82) is 0 Å². The number of pyridine rings is 1. The first-order valence-electron chi connectivity index (χ1n) is 6.04. The lowest BCUT2D eigenvalue weighted by molar-refractivity contribution is 0.310. The maximum Gasteiger partial charge on any atom is 0.130 e. The van der Waals surface area contributed by atoms with E-state index in [0.29, 0.717) is 6.61 Å². The molecule has 94 valence electrons. The number of halogens is 1. The summed E-state index contributed by atoms with van der Waals surface area (Å²) < 4.78 is 6.93. The Labute approximate surface area is 120 Å². The Hall–Kier alpha value is -1.87. The first-order chi connectivity index (χ1) is 9.33. The predicted octanol–water partition coefficient (Wildman–Crippen LogP) is 4.58. The van der Waals surface area contributed by atoms with Crippen molar-refractivity contribution in [2.75, 3.05) is 0 Å². The quantitative estimate of drug-likeness (QED) is 0.706. The van der Waals surface area contributed by atoms with Crippen LogP contribution >= 0.6 is 15.9 Å². The summed E-state index contributed by atoms with van der Waals surface area (Å²) in [5, 5.41) is 1.02. The van der Waals surface area contributed by atoms with Crippen LogP contribution in [-0.2, 0) is 6.61 Å². The lowest BCUT2D eigenvalue weighted by atomic mass is 10.2. The Morgan fingerprint density at radius 1 is 1.00 bits per heavy atom. The SMILES string of the molecule is Brc1ccc2nccc(OCc3ccccc3)c2c1. The zero-order chi connectivity index (χ0) is 13.1. The van der Waals surface area contributed by atoms with Crippen LogP contribution in [0.4, 0.5) is 0 Å². The number of benzene rings is 2. The maximum atomic E-state index is 5.90. The van der Waals surface area contributed by atoms with E-state index in [2.05, 4.69) is 33.0 Å². The summed E-state index contributed by atoms with van der Waals surface area (Å²) in [5.41, 5.74) is 2.09. The van der Waals surface area contributed by atoms with Crippen molar-refractivity contribution >= 4 is 26.8 Å². The number of hydrogen-bond donors (Lipinski definition) is 0. The third-order valence-electron chi connectivity index (χ3n) is 2.90. The van der Waals surface area contributed by atoms with Crippen molar-refractivity contribution in [2.24, 2.45) is 0 Å². The molecule has 0 bridgehead atoms. The first kappa shape index (κ1) is 12.2. The molecular weight excluding hydrogens is 302 g/mol. The van der Waals surface area contributed by atoms with Gasteiger partial charge in [0.25, 0.3) is 0 Å². The minimum Gasteiger partial charge on any atom is -0.488 e. The number of rotatable bonds is 3. The fourth-order valence-electron chi connectivity index (χ4n) is 1.95. The van der Waals surface area contributed by atoms with Gasteiger partial charge in [-0.15, -0.1) is 0 Å². The minimum atomic E-state index is 0.562. The summed E-state index contributed by atoms with van der Waals surface area (Å²) in [6.07, 6.45) is 1.77. The highest BCUT2D eigenvalue weighted by Crippen LogP contribution is 2.27. The van der Waals surface area contributed by atoms with Crippen molar-refractivity contribution < 1.29 is 4.74 Å². The molecule has 2 aromatic carbocycles. The van der Waals surface area contributed by atoms with Gasteiger partial charge in [0.1, 0.15) is 12.4 Å². The molecule has 0 spiro atoms. The molecule has 0 atom stereocenters. The van der Waals surface area contributed by atoms with Crippen LogP contribution < -0.4 is 4.74 Å². The topological polar surface area (TPSA) is 22.1 Å². The van der Waals surface area contributed by atoms with E-state index in [1.807, 2.05) is 42.5 Å². The molecule has 3 aromatic rings. The van der Waals surface area contributed by atoms with E-state index in [1.165, 1.54) is 0 Å². The van der Waals surface area contributed by atoms with Gasteiger partial charge in [0, 0.05) is 16.1 Å². The molecule has 19 heavy (non-hydrogen) atoms. The maximum absolute atomic E-state index is 5.90. The van der Waals surface area contributed by atoms with Gasteiger partial charge >= 0.3 is 0 Å². The number of aromatic nitrogens is 1. The lowest BCUT2D eigenvalue weighted by Crippen LogP contribution is -1.96. The summed E-state index contributed by atoms with van der Waals surface area (Å²) in [7, 11) is 0. The molecule has 0 amide bonds. The average molecular weight is 314 g/mol. The van der Waals surface area contributed by atoms with Gasteiger partial charge in [-0.1, -0.05) is 46.3 Å². The van der Waals surface area contributed by atoms with Gasteiger partial charge in [-0.05, 0) is 29.8 Å². The van der Waals surface area contributed by atoms with Gasteiger partial charge in [-0.25, -0.2) is 0 Å². The number of nitrogens with zero attached hydrogens (tertiary/aromatic N) is 1. The second-order valence-electron chi connectivity index (χ2n) is 4.24. The molecule has 3 rings (SSSR count). The highest BCUT2D eigenvalue weighted by atomic mass is 79.9. The largest absolute Gasteiger partial charge is 0.488 e. The highest BCUT2D eigenvalue weighted by molar-refractivity contribution is 9.10. The van der Waals surface area contributed by atoms with Crippen LogP contribution in [0.1, 0.15) is 5.56 Å².